The van der Waals surface area contributed by atoms with Crippen molar-refractivity contribution in [2.24, 2.45) is 0 Å². The molecule has 0 atom stereocenters. The first-order valence-corrected chi connectivity index (χ1v) is 7.33. The van der Waals surface area contributed by atoms with Crippen LogP contribution in [0.4, 0.5) is 0 Å². The van der Waals surface area contributed by atoms with E-state index in [1.54, 1.807) is 0 Å². The smallest absolute Gasteiger partial charge is 0.0217 e. The summed E-state index contributed by atoms with van der Waals surface area (Å²) in [5, 5.41) is 6.94. The Bertz CT molecular complexity index is 331. The zero-order valence-corrected chi connectivity index (χ0v) is 12.2. The summed E-state index contributed by atoms with van der Waals surface area (Å²) in [6, 6.07) is 8.56. The molecule has 0 saturated carbocycles. The van der Waals surface area contributed by atoms with E-state index in [2.05, 4.69) is 61.9 Å². The van der Waals surface area contributed by atoms with Gasteiger partial charge in [0, 0.05) is 30.1 Å². The molecule has 2 nitrogen and oxygen atoms in total. The Hall–Kier alpha value is -0.510. The van der Waals surface area contributed by atoms with Gasteiger partial charge < -0.3 is 10.6 Å². The fraction of sp³-hybridized carbons (Fsp3) is 0.571. The molecule has 0 spiro atoms. The summed E-state index contributed by atoms with van der Waals surface area (Å²) >= 11 is 1.81. The molecule has 1 aromatic rings. The van der Waals surface area contributed by atoms with Crippen molar-refractivity contribution in [1.29, 1.82) is 0 Å². The highest BCUT2D eigenvalue weighted by Gasteiger charge is 2.07. The number of benzene rings is 1. The van der Waals surface area contributed by atoms with Crippen molar-refractivity contribution in [2.45, 2.75) is 37.8 Å². The molecule has 0 aliphatic rings. The topological polar surface area (TPSA) is 24.1 Å². The van der Waals surface area contributed by atoms with E-state index in [0.29, 0.717) is 0 Å². The molecule has 1 aromatic carbocycles. The van der Waals surface area contributed by atoms with Crippen molar-refractivity contribution < 1.29 is 0 Å². The average Bonchev–Trinajstić information content (AvgIpc) is 2.27. The minimum absolute atomic E-state index is 0.207. The Morgan fingerprint density at radius 2 is 1.82 bits per heavy atom. The molecule has 0 unspecified atom stereocenters. The van der Waals surface area contributed by atoms with Gasteiger partial charge in [-0.25, -0.2) is 0 Å². The molecule has 2 N–H and O–H groups in total. The molecule has 0 bridgehead atoms. The maximum atomic E-state index is 3.47. The van der Waals surface area contributed by atoms with E-state index in [-0.39, 0.29) is 5.54 Å². The summed E-state index contributed by atoms with van der Waals surface area (Å²) < 4.78 is 0. The molecular formula is C14H24N2S. The third-order valence-electron chi connectivity index (χ3n) is 2.47. The maximum Gasteiger partial charge on any atom is 0.0217 e. The molecule has 3 heteroatoms. The summed E-state index contributed by atoms with van der Waals surface area (Å²) in [7, 11) is 0. The van der Waals surface area contributed by atoms with Crippen LogP contribution in [0.15, 0.2) is 29.2 Å². The second kappa shape index (κ2) is 7.04. The van der Waals surface area contributed by atoms with Crippen LogP contribution in [-0.4, -0.2) is 24.9 Å². The van der Waals surface area contributed by atoms with Gasteiger partial charge in [0.1, 0.15) is 0 Å². The van der Waals surface area contributed by atoms with Crippen LogP contribution in [0.25, 0.3) is 0 Å². The normalized spacial score (nSPS) is 11.8. The molecular weight excluding hydrogens is 228 g/mol. The number of rotatable bonds is 6. The van der Waals surface area contributed by atoms with Gasteiger partial charge in [0.2, 0.25) is 0 Å². The van der Waals surface area contributed by atoms with Gasteiger partial charge in [-0.1, -0.05) is 18.2 Å². The van der Waals surface area contributed by atoms with Crippen molar-refractivity contribution in [3.8, 4) is 0 Å². The minimum atomic E-state index is 0.207. The first kappa shape index (κ1) is 14.6. The lowest BCUT2D eigenvalue weighted by atomic mass is 10.1. The average molecular weight is 252 g/mol. The van der Waals surface area contributed by atoms with Crippen molar-refractivity contribution in [2.75, 3.05) is 19.3 Å². The number of hydrogen-bond acceptors (Lipinski definition) is 3. The van der Waals surface area contributed by atoms with Crippen LogP contribution in [0.1, 0.15) is 26.3 Å². The standard InChI is InChI=1S/C14H24N2S/c1-14(2,3)16-10-9-15-11-12-7-5-6-8-13(12)17-4/h5-8,15-16H,9-11H2,1-4H3. The Kier molecular flexibility index (Phi) is 6.03. The Morgan fingerprint density at radius 1 is 1.12 bits per heavy atom. The highest BCUT2D eigenvalue weighted by Crippen LogP contribution is 2.19. The molecule has 0 amide bonds. The van der Waals surface area contributed by atoms with E-state index >= 15 is 0 Å². The van der Waals surface area contributed by atoms with E-state index < -0.39 is 0 Å². The molecule has 17 heavy (non-hydrogen) atoms. The zero-order chi connectivity index (χ0) is 12.7. The van der Waals surface area contributed by atoms with Gasteiger partial charge in [0.05, 0.1) is 0 Å². The van der Waals surface area contributed by atoms with Gasteiger partial charge in [0.15, 0.2) is 0 Å². The summed E-state index contributed by atoms with van der Waals surface area (Å²) in [5.74, 6) is 0. The Morgan fingerprint density at radius 3 is 2.47 bits per heavy atom. The van der Waals surface area contributed by atoms with Crippen molar-refractivity contribution >= 4 is 11.8 Å². The number of thioether (sulfide) groups is 1. The SMILES string of the molecule is CSc1ccccc1CNCCNC(C)(C)C. The molecule has 96 valence electrons. The third kappa shape index (κ3) is 6.10. The van der Waals surface area contributed by atoms with Gasteiger partial charge in [-0.3, -0.25) is 0 Å². The molecule has 0 heterocycles. The van der Waals surface area contributed by atoms with E-state index in [4.69, 9.17) is 0 Å². The molecule has 0 fully saturated rings. The van der Waals surface area contributed by atoms with E-state index in [9.17, 15) is 0 Å². The quantitative estimate of drug-likeness (QED) is 0.601. The Labute approximate surface area is 110 Å². The predicted octanol–water partition coefficient (Wildman–Crippen LogP) is 2.89. The van der Waals surface area contributed by atoms with Crippen LogP contribution in [0.3, 0.4) is 0 Å². The van der Waals surface area contributed by atoms with Crippen LogP contribution < -0.4 is 10.6 Å². The minimum Gasteiger partial charge on any atom is -0.311 e. The highest BCUT2D eigenvalue weighted by atomic mass is 32.2. The van der Waals surface area contributed by atoms with Gasteiger partial charge in [-0.2, -0.15) is 0 Å². The largest absolute Gasteiger partial charge is 0.311 e. The lowest BCUT2D eigenvalue weighted by Crippen LogP contribution is -2.40. The molecule has 1 rings (SSSR count). The van der Waals surface area contributed by atoms with Crippen LogP contribution in [-0.2, 0) is 6.54 Å². The second-order valence-electron chi connectivity index (χ2n) is 5.17. The monoisotopic (exact) mass is 252 g/mol. The van der Waals surface area contributed by atoms with Gasteiger partial charge >= 0.3 is 0 Å². The van der Waals surface area contributed by atoms with Crippen LogP contribution in [0.2, 0.25) is 0 Å². The molecule has 0 saturated heterocycles. The first-order chi connectivity index (χ1) is 8.03. The molecule has 0 radical (unpaired) electrons. The Balaban J connectivity index is 2.27. The number of hydrogen-bond donors (Lipinski definition) is 2. The maximum absolute atomic E-state index is 3.47. The first-order valence-electron chi connectivity index (χ1n) is 6.10. The summed E-state index contributed by atoms with van der Waals surface area (Å²) in [4.78, 5) is 1.36. The highest BCUT2D eigenvalue weighted by molar-refractivity contribution is 7.98. The summed E-state index contributed by atoms with van der Waals surface area (Å²) in [6.07, 6.45) is 2.12. The van der Waals surface area contributed by atoms with Crippen LogP contribution >= 0.6 is 11.8 Å². The zero-order valence-electron chi connectivity index (χ0n) is 11.3. The van der Waals surface area contributed by atoms with Crippen molar-refractivity contribution in [3.05, 3.63) is 29.8 Å². The van der Waals surface area contributed by atoms with E-state index in [0.717, 1.165) is 19.6 Å². The fourth-order valence-electron chi connectivity index (χ4n) is 1.60. The summed E-state index contributed by atoms with van der Waals surface area (Å²) in [6.45, 7) is 9.52. The number of nitrogens with one attached hydrogen (secondary N) is 2. The van der Waals surface area contributed by atoms with Crippen molar-refractivity contribution in [3.63, 3.8) is 0 Å². The molecule has 0 aliphatic carbocycles. The van der Waals surface area contributed by atoms with E-state index in [1.807, 2.05) is 11.8 Å². The predicted molar refractivity (Wildman–Crippen MR) is 77.7 cm³/mol. The summed E-state index contributed by atoms with van der Waals surface area (Å²) in [5.41, 5.74) is 1.59. The molecule has 0 aromatic heterocycles. The fourth-order valence-corrected chi connectivity index (χ4v) is 2.22. The van der Waals surface area contributed by atoms with Gasteiger partial charge in [-0.05, 0) is 38.7 Å². The lowest BCUT2D eigenvalue weighted by Gasteiger charge is -2.20. The van der Waals surface area contributed by atoms with Crippen LogP contribution in [0.5, 0.6) is 0 Å². The third-order valence-corrected chi connectivity index (χ3v) is 3.30. The second-order valence-corrected chi connectivity index (χ2v) is 6.01. The molecule has 0 aliphatic heterocycles. The van der Waals surface area contributed by atoms with Crippen LogP contribution in [0, 0.1) is 0 Å². The van der Waals surface area contributed by atoms with Gasteiger partial charge in [0.25, 0.3) is 0 Å². The lowest BCUT2D eigenvalue weighted by molar-refractivity contribution is 0.421. The van der Waals surface area contributed by atoms with E-state index in [1.165, 1.54) is 10.5 Å². The van der Waals surface area contributed by atoms with Gasteiger partial charge in [-0.15, -0.1) is 11.8 Å². The van der Waals surface area contributed by atoms with Crippen molar-refractivity contribution in [1.82, 2.24) is 10.6 Å².